The highest BCUT2D eigenvalue weighted by Gasteiger charge is 2.21. The molecule has 2 heterocycles. The third kappa shape index (κ3) is 3.88. The van der Waals surface area contributed by atoms with Crippen LogP contribution in [0.25, 0.3) is 0 Å². The molecule has 0 aliphatic carbocycles. The number of carbonyl (C=O) groups excluding carboxylic acids is 1. The highest BCUT2D eigenvalue weighted by atomic mass is 35.5. The van der Waals surface area contributed by atoms with Gasteiger partial charge >= 0.3 is 0 Å². The van der Waals surface area contributed by atoms with Gasteiger partial charge in [0.15, 0.2) is 0 Å². The number of hydrogen-bond donors (Lipinski definition) is 2. The van der Waals surface area contributed by atoms with Crippen molar-refractivity contribution in [3.05, 3.63) is 16.3 Å². The molecule has 1 aliphatic rings. The predicted octanol–water partition coefficient (Wildman–Crippen LogP) is 2.76. The summed E-state index contributed by atoms with van der Waals surface area (Å²) >= 11 is 3.15. The largest absolute Gasteiger partial charge is 0.348 e. The summed E-state index contributed by atoms with van der Waals surface area (Å²) < 4.78 is 0. The van der Waals surface area contributed by atoms with Crippen LogP contribution in [0.3, 0.4) is 0 Å². The van der Waals surface area contributed by atoms with Crippen LogP contribution in [0.5, 0.6) is 0 Å². The molecular weight excluding hydrogens is 288 g/mol. The van der Waals surface area contributed by atoms with E-state index in [0.717, 1.165) is 29.2 Å². The quantitative estimate of drug-likeness (QED) is 0.844. The maximum absolute atomic E-state index is 12.1. The van der Waals surface area contributed by atoms with Crippen molar-refractivity contribution < 1.29 is 4.79 Å². The van der Waals surface area contributed by atoms with E-state index in [1.54, 1.807) is 11.8 Å². The average Bonchev–Trinajstić information content (AvgIpc) is 2.77. The molecule has 2 rings (SSSR count). The van der Waals surface area contributed by atoms with Crippen molar-refractivity contribution in [1.82, 2.24) is 10.6 Å². The maximum atomic E-state index is 12.1. The predicted molar refractivity (Wildman–Crippen MR) is 81.3 cm³/mol. The molecule has 0 spiro atoms. The third-order valence-electron chi connectivity index (χ3n) is 3.01. The lowest BCUT2D eigenvalue weighted by Crippen LogP contribution is -2.46. The first-order chi connectivity index (χ1) is 8.20. The summed E-state index contributed by atoms with van der Waals surface area (Å²) in [5.41, 5.74) is 0. The van der Waals surface area contributed by atoms with Crippen LogP contribution in [0.4, 0.5) is 0 Å². The Morgan fingerprint density at radius 3 is 3.06 bits per heavy atom. The van der Waals surface area contributed by atoms with Crippen LogP contribution in [-0.4, -0.2) is 30.8 Å². The van der Waals surface area contributed by atoms with Gasteiger partial charge in [0.2, 0.25) is 0 Å². The molecule has 1 aromatic heterocycles. The van der Waals surface area contributed by atoms with Crippen LogP contribution < -0.4 is 10.6 Å². The van der Waals surface area contributed by atoms with E-state index < -0.39 is 0 Å². The van der Waals surface area contributed by atoms with Crippen LogP contribution in [0, 0.1) is 0 Å². The van der Waals surface area contributed by atoms with Gasteiger partial charge < -0.3 is 10.6 Å². The van der Waals surface area contributed by atoms with Gasteiger partial charge in [-0.1, -0.05) is 0 Å². The van der Waals surface area contributed by atoms with E-state index in [2.05, 4.69) is 17.6 Å². The van der Waals surface area contributed by atoms with Gasteiger partial charge in [-0.25, -0.2) is 0 Å². The smallest absolute Gasteiger partial charge is 0.262 e. The number of carbonyl (C=O) groups is 1. The van der Waals surface area contributed by atoms with Crippen molar-refractivity contribution >= 4 is 41.4 Å². The Kier molecular flexibility index (Phi) is 6.49. The van der Waals surface area contributed by atoms with Crippen LogP contribution in [0.15, 0.2) is 16.3 Å². The molecule has 2 unspecified atom stereocenters. The van der Waals surface area contributed by atoms with Gasteiger partial charge in [0, 0.05) is 17.0 Å². The minimum atomic E-state index is 0. The van der Waals surface area contributed by atoms with E-state index in [1.807, 2.05) is 17.7 Å². The second-order valence-corrected chi connectivity index (χ2v) is 6.13. The van der Waals surface area contributed by atoms with Gasteiger partial charge in [-0.3, -0.25) is 4.79 Å². The van der Waals surface area contributed by atoms with E-state index in [1.165, 1.54) is 11.3 Å². The van der Waals surface area contributed by atoms with E-state index in [-0.39, 0.29) is 18.3 Å². The molecule has 1 amide bonds. The second kappa shape index (κ2) is 7.38. The molecule has 1 aliphatic heterocycles. The van der Waals surface area contributed by atoms with Crippen molar-refractivity contribution in [3.8, 4) is 0 Å². The summed E-state index contributed by atoms with van der Waals surface area (Å²) in [6.45, 7) is 3.16. The molecule has 2 N–H and O–H groups in total. The number of halogens is 1. The zero-order chi connectivity index (χ0) is 12.3. The normalized spacial score (nSPS) is 23.2. The first-order valence-electron chi connectivity index (χ1n) is 5.86. The number of amides is 1. The minimum absolute atomic E-state index is 0. The van der Waals surface area contributed by atoms with Crippen LogP contribution in [-0.2, 0) is 0 Å². The van der Waals surface area contributed by atoms with Gasteiger partial charge in [0.05, 0.1) is 0 Å². The van der Waals surface area contributed by atoms with Crippen molar-refractivity contribution in [3.63, 3.8) is 0 Å². The third-order valence-corrected chi connectivity index (χ3v) is 4.84. The van der Waals surface area contributed by atoms with Crippen molar-refractivity contribution in [2.45, 2.75) is 36.7 Å². The number of hydrogen-bond acceptors (Lipinski definition) is 4. The fourth-order valence-corrected chi connectivity index (χ4v) is 3.79. The topological polar surface area (TPSA) is 41.1 Å². The highest BCUT2D eigenvalue weighted by Crippen LogP contribution is 2.25. The maximum Gasteiger partial charge on any atom is 0.262 e. The Morgan fingerprint density at radius 1 is 1.61 bits per heavy atom. The Morgan fingerprint density at radius 2 is 2.39 bits per heavy atom. The molecule has 0 saturated carbocycles. The first-order valence-corrected chi connectivity index (χ1v) is 7.97. The number of nitrogens with one attached hydrogen (secondary N) is 2. The van der Waals surface area contributed by atoms with Gasteiger partial charge in [-0.15, -0.1) is 35.5 Å². The standard InChI is InChI=1S/C12H18N2OS2.ClH/c1-8-7-9(3-5-13-8)14-12(15)11-10(16-2)4-6-17-11;/h4,6,8-9,13H,3,5,7H2,1-2H3,(H,14,15);1H. The molecule has 1 fully saturated rings. The number of thioether (sulfide) groups is 1. The summed E-state index contributed by atoms with van der Waals surface area (Å²) in [5.74, 6) is 0.0865. The van der Waals surface area contributed by atoms with Crippen LogP contribution >= 0.6 is 35.5 Å². The summed E-state index contributed by atoms with van der Waals surface area (Å²) in [6.07, 6.45) is 4.05. The minimum Gasteiger partial charge on any atom is -0.348 e. The number of rotatable bonds is 3. The lowest BCUT2D eigenvalue weighted by Gasteiger charge is -2.28. The van der Waals surface area contributed by atoms with E-state index >= 15 is 0 Å². The van der Waals surface area contributed by atoms with Crippen LogP contribution in [0.1, 0.15) is 29.4 Å². The Labute approximate surface area is 123 Å². The molecule has 6 heteroatoms. The van der Waals surface area contributed by atoms with Gasteiger partial charge in [-0.05, 0) is 44.0 Å². The SMILES string of the molecule is CSc1ccsc1C(=O)NC1CCNC(C)C1.Cl. The number of thiophene rings is 1. The lowest BCUT2D eigenvalue weighted by molar-refractivity contribution is 0.0927. The molecule has 102 valence electrons. The molecule has 1 aromatic rings. The summed E-state index contributed by atoms with van der Waals surface area (Å²) in [4.78, 5) is 14.1. The Bertz CT molecular complexity index is 397. The zero-order valence-corrected chi connectivity index (χ0v) is 13.0. The lowest BCUT2D eigenvalue weighted by atomic mass is 10.0. The zero-order valence-electron chi connectivity index (χ0n) is 10.6. The second-order valence-electron chi connectivity index (χ2n) is 4.37. The fraction of sp³-hybridized carbons (Fsp3) is 0.583. The fourth-order valence-electron chi connectivity index (χ4n) is 2.14. The van der Waals surface area contributed by atoms with Gasteiger partial charge in [0.1, 0.15) is 4.88 Å². The van der Waals surface area contributed by atoms with Crippen molar-refractivity contribution in [1.29, 1.82) is 0 Å². The molecule has 2 atom stereocenters. The number of piperidine rings is 1. The molecule has 18 heavy (non-hydrogen) atoms. The molecule has 0 aromatic carbocycles. The first kappa shape index (κ1) is 15.8. The summed E-state index contributed by atoms with van der Waals surface area (Å²) in [5, 5.41) is 8.51. The van der Waals surface area contributed by atoms with E-state index in [0.29, 0.717) is 12.1 Å². The summed E-state index contributed by atoms with van der Waals surface area (Å²) in [7, 11) is 0. The van der Waals surface area contributed by atoms with Crippen molar-refractivity contribution in [2.24, 2.45) is 0 Å². The van der Waals surface area contributed by atoms with Crippen molar-refractivity contribution in [2.75, 3.05) is 12.8 Å². The van der Waals surface area contributed by atoms with E-state index in [4.69, 9.17) is 0 Å². The molecule has 1 saturated heterocycles. The van der Waals surface area contributed by atoms with Gasteiger partial charge in [0.25, 0.3) is 5.91 Å². The average molecular weight is 307 g/mol. The summed E-state index contributed by atoms with van der Waals surface area (Å²) in [6, 6.07) is 2.82. The molecule has 3 nitrogen and oxygen atoms in total. The van der Waals surface area contributed by atoms with E-state index in [9.17, 15) is 4.79 Å². The molecule has 0 bridgehead atoms. The Balaban J connectivity index is 0.00000162. The molecule has 0 radical (unpaired) electrons. The monoisotopic (exact) mass is 306 g/mol. The highest BCUT2D eigenvalue weighted by molar-refractivity contribution is 7.98. The molecular formula is C12H19ClN2OS2. The van der Waals surface area contributed by atoms with Crippen LogP contribution in [0.2, 0.25) is 0 Å². The Hall–Kier alpha value is -0.230. The van der Waals surface area contributed by atoms with Gasteiger partial charge in [-0.2, -0.15) is 0 Å².